The Morgan fingerprint density at radius 2 is 1.84 bits per heavy atom. The van der Waals surface area contributed by atoms with E-state index in [-0.39, 0.29) is 19.0 Å². The van der Waals surface area contributed by atoms with Gasteiger partial charge in [0.2, 0.25) is 5.60 Å². The number of rotatable bonds is 15. The van der Waals surface area contributed by atoms with Gasteiger partial charge in [0.15, 0.2) is 0 Å². The molecule has 0 amide bonds. The molecule has 1 unspecified atom stereocenters. The first kappa shape index (κ1) is 29.9. The average Bonchev–Trinajstić information content (AvgIpc) is 2.81. The molecule has 0 bridgehead atoms. The number of nitrogens with zero attached hydrogens (tertiary/aromatic N) is 3. The first-order valence-corrected chi connectivity index (χ1v) is 12.3. The largest absolute Gasteiger partial charge is 0.478 e. The third-order valence-electron chi connectivity index (χ3n) is 5.79. The number of hydrogen-bond acceptors (Lipinski definition) is 6. The van der Waals surface area contributed by atoms with Gasteiger partial charge in [-0.2, -0.15) is 13.2 Å². The van der Waals surface area contributed by atoms with E-state index >= 15 is 0 Å². The van der Waals surface area contributed by atoms with Crippen LogP contribution in [0.3, 0.4) is 0 Å². The average molecular weight is 530 g/mol. The highest BCUT2D eigenvalue weighted by molar-refractivity contribution is 5.77. The van der Waals surface area contributed by atoms with E-state index < -0.39 is 41.8 Å². The van der Waals surface area contributed by atoms with Crippen LogP contribution >= 0.6 is 0 Å². The maximum Gasteiger partial charge on any atom is 0.389 e. The Morgan fingerprint density at radius 3 is 2.49 bits per heavy atom. The van der Waals surface area contributed by atoms with Crippen LogP contribution in [0.2, 0.25) is 0 Å². The fraction of sp³-hybridized carbons (Fsp3) is 0.600. The summed E-state index contributed by atoms with van der Waals surface area (Å²) in [5.74, 6) is -0.847. The molecule has 0 spiro atoms. The van der Waals surface area contributed by atoms with Crippen molar-refractivity contribution in [3.8, 4) is 11.6 Å². The molecule has 0 aliphatic heterocycles. The summed E-state index contributed by atoms with van der Waals surface area (Å²) < 4.78 is 50.0. The maximum atomic E-state index is 12.4. The highest BCUT2D eigenvalue weighted by Gasteiger charge is 2.34. The number of carboxylic acids is 1. The van der Waals surface area contributed by atoms with Gasteiger partial charge >= 0.3 is 23.4 Å². The Bertz CT molecular complexity index is 1160. The van der Waals surface area contributed by atoms with Crippen molar-refractivity contribution in [3.63, 3.8) is 0 Å². The molecule has 1 atom stereocenters. The van der Waals surface area contributed by atoms with Crippen molar-refractivity contribution < 1.29 is 32.5 Å². The molecule has 9 nitrogen and oxygen atoms in total. The van der Waals surface area contributed by atoms with Crippen LogP contribution in [0.4, 0.5) is 13.2 Å². The molecular weight excluding hydrogens is 495 g/mol. The van der Waals surface area contributed by atoms with Gasteiger partial charge < -0.3 is 14.6 Å². The number of aromatic nitrogens is 3. The second-order valence-electron chi connectivity index (χ2n) is 9.08. The van der Waals surface area contributed by atoms with Gasteiger partial charge in [-0.3, -0.25) is 9.36 Å². The minimum absolute atomic E-state index is 0.153. The van der Waals surface area contributed by atoms with Gasteiger partial charge in [0.25, 0.3) is 5.88 Å². The van der Waals surface area contributed by atoms with Crippen molar-refractivity contribution >= 4 is 5.97 Å². The van der Waals surface area contributed by atoms with Crippen molar-refractivity contribution in [1.29, 1.82) is 0 Å². The van der Waals surface area contributed by atoms with E-state index in [1.54, 1.807) is 13.0 Å². The smallest absolute Gasteiger partial charge is 0.389 e. The number of ether oxygens (including phenoxy) is 2. The first-order valence-electron chi connectivity index (χ1n) is 12.3. The molecule has 37 heavy (non-hydrogen) atoms. The predicted octanol–water partition coefficient (Wildman–Crippen LogP) is 4.10. The third-order valence-corrected chi connectivity index (χ3v) is 5.79. The SMILES string of the molecule is CCCC(C)(Oc1cccc(CCCCCOc2nn(C)c(=O)n(CCCC(F)(F)F)c2=O)c1)C(=O)O. The summed E-state index contributed by atoms with van der Waals surface area (Å²) in [6.07, 6.45) is -1.97. The monoisotopic (exact) mass is 529 g/mol. The molecule has 1 heterocycles. The number of aliphatic carboxylic acids is 1. The highest BCUT2D eigenvalue weighted by Crippen LogP contribution is 2.25. The van der Waals surface area contributed by atoms with E-state index in [0.29, 0.717) is 29.6 Å². The van der Waals surface area contributed by atoms with Crippen LogP contribution in [0.25, 0.3) is 0 Å². The van der Waals surface area contributed by atoms with Crippen molar-refractivity contribution in [2.75, 3.05) is 6.61 Å². The minimum Gasteiger partial charge on any atom is -0.478 e. The summed E-state index contributed by atoms with van der Waals surface area (Å²) in [7, 11) is 1.30. The van der Waals surface area contributed by atoms with E-state index in [1.165, 1.54) is 7.05 Å². The first-order chi connectivity index (χ1) is 17.4. The molecule has 0 saturated heterocycles. The van der Waals surface area contributed by atoms with Crippen LogP contribution in [0.1, 0.15) is 64.4 Å². The van der Waals surface area contributed by atoms with Gasteiger partial charge in [0, 0.05) is 20.0 Å². The van der Waals surface area contributed by atoms with Crippen LogP contribution in [-0.2, 0) is 24.8 Å². The second kappa shape index (κ2) is 13.3. The summed E-state index contributed by atoms with van der Waals surface area (Å²) in [5, 5.41) is 13.3. The standard InChI is InChI=1S/C25H34F3N3O6/c1-4-13-24(2,22(33)34)37-19-12-8-11-18(17-19)10-6-5-7-16-36-20-21(32)31(23(35)30(3)29-20)15-9-14-25(26,27)28/h8,11-12,17H,4-7,9-10,13-16H2,1-3H3,(H,33,34). The molecule has 0 radical (unpaired) electrons. The molecule has 0 aliphatic carbocycles. The fourth-order valence-corrected chi connectivity index (χ4v) is 3.80. The van der Waals surface area contributed by atoms with E-state index in [9.17, 15) is 32.7 Å². The predicted molar refractivity (Wildman–Crippen MR) is 130 cm³/mol. The minimum atomic E-state index is -4.37. The summed E-state index contributed by atoms with van der Waals surface area (Å²) in [5.41, 5.74) is -1.96. The van der Waals surface area contributed by atoms with E-state index in [2.05, 4.69) is 5.10 Å². The summed E-state index contributed by atoms with van der Waals surface area (Å²) in [6.45, 7) is 3.23. The molecule has 206 valence electrons. The van der Waals surface area contributed by atoms with Gasteiger partial charge in [0.1, 0.15) is 5.75 Å². The Labute approximate surface area is 212 Å². The number of carbonyl (C=O) groups is 1. The molecular formula is C25H34F3N3O6. The zero-order chi connectivity index (χ0) is 27.6. The summed E-state index contributed by atoms with van der Waals surface area (Å²) >= 11 is 0. The zero-order valence-corrected chi connectivity index (χ0v) is 21.3. The topological polar surface area (TPSA) is 113 Å². The van der Waals surface area contributed by atoms with Crippen LogP contribution in [-0.4, -0.2) is 43.8 Å². The summed E-state index contributed by atoms with van der Waals surface area (Å²) in [4.78, 5) is 36.2. The lowest BCUT2D eigenvalue weighted by atomic mass is 10.0. The van der Waals surface area contributed by atoms with E-state index in [0.717, 1.165) is 29.5 Å². The Kier molecular flexibility index (Phi) is 10.8. The number of hydrogen-bond donors (Lipinski definition) is 1. The molecule has 1 aromatic carbocycles. The normalized spacial score (nSPS) is 13.2. The van der Waals surface area contributed by atoms with Crippen LogP contribution in [0.15, 0.2) is 33.9 Å². The number of alkyl halides is 3. The number of aryl methyl sites for hydroxylation is 2. The Balaban J connectivity index is 1.86. The maximum absolute atomic E-state index is 12.4. The van der Waals surface area contributed by atoms with Crippen LogP contribution in [0, 0.1) is 0 Å². The lowest BCUT2D eigenvalue weighted by Crippen LogP contribution is -2.41. The second-order valence-corrected chi connectivity index (χ2v) is 9.08. The Morgan fingerprint density at radius 1 is 1.11 bits per heavy atom. The zero-order valence-electron chi connectivity index (χ0n) is 21.3. The molecule has 0 fully saturated rings. The van der Waals surface area contributed by atoms with Crippen LogP contribution in [0.5, 0.6) is 11.6 Å². The van der Waals surface area contributed by atoms with E-state index in [1.807, 2.05) is 25.1 Å². The quantitative estimate of drug-likeness (QED) is 0.346. The number of benzene rings is 1. The van der Waals surface area contributed by atoms with Crippen molar-refractivity contribution in [2.24, 2.45) is 7.05 Å². The molecule has 1 aromatic heterocycles. The van der Waals surface area contributed by atoms with Crippen LogP contribution < -0.4 is 20.7 Å². The lowest BCUT2D eigenvalue weighted by molar-refractivity contribution is -0.154. The molecule has 0 aliphatic rings. The summed E-state index contributed by atoms with van der Waals surface area (Å²) in [6, 6.07) is 7.29. The molecule has 0 saturated carbocycles. The van der Waals surface area contributed by atoms with Crippen molar-refractivity contribution in [2.45, 2.75) is 83.5 Å². The number of unbranched alkanes of at least 4 members (excludes halogenated alkanes) is 2. The molecule has 2 rings (SSSR count). The van der Waals surface area contributed by atoms with Gasteiger partial charge in [-0.1, -0.05) is 25.5 Å². The van der Waals surface area contributed by atoms with E-state index in [4.69, 9.17) is 9.47 Å². The van der Waals surface area contributed by atoms with Gasteiger partial charge in [-0.05, 0) is 63.1 Å². The van der Waals surface area contributed by atoms with Crippen molar-refractivity contribution in [3.05, 3.63) is 50.7 Å². The lowest BCUT2D eigenvalue weighted by Gasteiger charge is -2.26. The third kappa shape index (κ3) is 9.25. The fourth-order valence-electron chi connectivity index (χ4n) is 3.80. The molecule has 2 aromatic rings. The number of carboxylic acid groups (broad SMARTS) is 1. The van der Waals surface area contributed by atoms with Gasteiger partial charge in [-0.15, -0.1) is 5.10 Å². The highest BCUT2D eigenvalue weighted by atomic mass is 19.4. The van der Waals surface area contributed by atoms with Crippen molar-refractivity contribution in [1.82, 2.24) is 14.3 Å². The molecule has 12 heteroatoms. The number of halogens is 3. The molecule has 1 N–H and O–H groups in total. The van der Waals surface area contributed by atoms with Gasteiger partial charge in [-0.25, -0.2) is 14.3 Å². The Hall–Kier alpha value is -3.31. The van der Waals surface area contributed by atoms with Gasteiger partial charge in [0.05, 0.1) is 6.61 Å².